The molecule has 1 aromatic heterocycles. The minimum Gasteiger partial charge on any atom is -0.360 e. The molecule has 1 aliphatic carbocycles. The Hall–Kier alpha value is -2.78. The SMILES string of the molecule is CC(C)NC(=S)N(Cc1cnc(S(=O)(=O)Cc2ccccc2F)n1Cc1ccccc1)C1CC1. The first kappa shape index (κ1) is 24.3. The van der Waals surface area contributed by atoms with Gasteiger partial charge in [-0.25, -0.2) is 17.8 Å². The molecule has 0 saturated heterocycles. The van der Waals surface area contributed by atoms with Crippen molar-refractivity contribution in [2.75, 3.05) is 0 Å². The lowest BCUT2D eigenvalue weighted by molar-refractivity contribution is 0.378. The molecule has 9 heteroatoms. The Morgan fingerprint density at radius 3 is 2.50 bits per heavy atom. The first-order valence-corrected chi connectivity index (χ1v) is 13.4. The summed E-state index contributed by atoms with van der Waals surface area (Å²) in [5, 5.41) is 3.89. The van der Waals surface area contributed by atoms with E-state index in [-0.39, 0.29) is 16.8 Å². The van der Waals surface area contributed by atoms with Crippen molar-refractivity contribution in [3.8, 4) is 0 Å². The number of imidazole rings is 1. The molecular formula is C25H29FN4O2S2. The maximum absolute atomic E-state index is 14.2. The minimum atomic E-state index is -3.90. The van der Waals surface area contributed by atoms with Crippen LogP contribution in [0.4, 0.5) is 4.39 Å². The quantitative estimate of drug-likeness (QED) is 0.442. The van der Waals surface area contributed by atoms with E-state index in [0.717, 1.165) is 24.1 Å². The van der Waals surface area contributed by atoms with Gasteiger partial charge in [-0.3, -0.25) is 0 Å². The molecule has 1 heterocycles. The van der Waals surface area contributed by atoms with Crippen LogP contribution in [0.2, 0.25) is 0 Å². The highest BCUT2D eigenvalue weighted by molar-refractivity contribution is 7.90. The standard InChI is InChI=1S/C25H29FN4O2S2/c1-18(2)28-24(33)29(21-12-13-21)16-22-14-27-25(30(22)15-19-8-4-3-5-9-19)34(31,32)17-20-10-6-7-11-23(20)26/h3-11,14,18,21H,12-13,15-17H2,1-2H3,(H,28,33). The molecule has 3 aromatic rings. The van der Waals surface area contributed by atoms with E-state index in [4.69, 9.17) is 12.2 Å². The third kappa shape index (κ3) is 5.82. The van der Waals surface area contributed by atoms with Crippen LogP contribution in [0.5, 0.6) is 0 Å². The molecule has 180 valence electrons. The Labute approximate surface area is 205 Å². The van der Waals surface area contributed by atoms with Crippen LogP contribution in [0.15, 0.2) is 66.0 Å². The Morgan fingerprint density at radius 2 is 1.85 bits per heavy atom. The molecule has 1 saturated carbocycles. The van der Waals surface area contributed by atoms with Crippen molar-refractivity contribution < 1.29 is 12.8 Å². The van der Waals surface area contributed by atoms with E-state index >= 15 is 0 Å². The Morgan fingerprint density at radius 1 is 1.18 bits per heavy atom. The van der Waals surface area contributed by atoms with Crippen LogP contribution >= 0.6 is 12.2 Å². The fourth-order valence-electron chi connectivity index (χ4n) is 3.84. The molecular weight excluding hydrogens is 471 g/mol. The Bertz CT molecular complexity index is 1250. The lowest BCUT2D eigenvalue weighted by Gasteiger charge is -2.27. The molecule has 0 aliphatic heterocycles. The maximum Gasteiger partial charge on any atom is 0.228 e. The average molecular weight is 501 g/mol. The molecule has 0 spiro atoms. The molecule has 0 unspecified atom stereocenters. The van der Waals surface area contributed by atoms with Gasteiger partial charge in [0.25, 0.3) is 0 Å². The van der Waals surface area contributed by atoms with Crippen LogP contribution in [0, 0.1) is 5.82 Å². The topological polar surface area (TPSA) is 67.2 Å². The van der Waals surface area contributed by atoms with E-state index < -0.39 is 21.4 Å². The van der Waals surface area contributed by atoms with E-state index in [1.165, 1.54) is 12.1 Å². The Kier molecular flexibility index (Phi) is 7.33. The first-order chi connectivity index (χ1) is 16.2. The van der Waals surface area contributed by atoms with Crippen LogP contribution in [0.3, 0.4) is 0 Å². The van der Waals surface area contributed by atoms with E-state index in [9.17, 15) is 12.8 Å². The van der Waals surface area contributed by atoms with Gasteiger partial charge in [0.1, 0.15) is 5.82 Å². The summed E-state index contributed by atoms with van der Waals surface area (Å²) in [6, 6.07) is 16.1. The number of halogens is 1. The second-order valence-electron chi connectivity index (χ2n) is 8.92. The lowest BCUT2D eigenvalue weighted by atomic mass is 10.2. The molecule has 1 N–H and O–H groups in total. The van der Waals surface area contributed by atoms with E-state index in [1.54, 1.807) is 22.9 Å². The predicted molar refractivity (Wildman–Crippen MR) is 134 cm³/mol. The molecule has 0 bridgehead atoms. The van der Waals surface area contributed by atoms with Crippen molar-refractivity contribution in [1.82, 2.24) is 19.8 Å². The van der Waals surface area contributed by atoms with Gasteiger partial charge in [-0.15, -0.1) is 0 Å². The van der Waals surface area contributed by atoms with Gasteiger partial charge in [-0.05, 0) is 50.5 Å². The van der Waals surface area contributed by atoms with Crippen molar-refractivity contribution in [2.45, 2.75) is 62.8 Å². The van der Waals surface area contributed by atoms with E-state index in [0.29, 0.717) is 24.2 Å². The molecule has 1 fully saturated rings. The minimum absolute atomic E-state index is 0.0620. The van der Waals surface area contributed by atoms with Gasteiger partial charge in [-0.1, -0.05) is 48.5 Å². The van der Waals surface area contributed by atoms with Crippen LogP contribution in [-0.2, 0) is 28.7 Å². The van der Waals surface area contributed by atoms with Crippen molar-refractivity contribution in [3.05, 3.63) is 83.4 Å². The highest BCUT2D eigenvalue weighted by Crippen LogP contribution is 2.29. The number of aromatic nitrogens is 2. The summed E-state index contributed by atoms with van der Waals surface area (Å²) >= 11 is 5.65. The number of rotatable bonds is 9. The zero-order chi connectivity index (χ0) is 24.3. The van der Waals surface area contributed by atoms with Crippen LogP contribution < -0.4 is 5.32 Å². The molecule has 34 heavy (non-hydrogen) atoms. The molecule has 1 aliphatic rings. The second kappa shape index (κ2) is 10.2. The summed E-state index contributed by atoms with van der Waals surface area (Å²) in [4.78, 5) is 6.44. The normalized spacial score (nSPS) is 13.8. The van der Waals surface area contributed by atoms with E-state index in [1.807, 2.05) is 44.2 Å². The number of hydrogen-bond acceptors (Lipinski definition) is 4. The molecule has 0 amide bonds. The smallest absolute Gasteiger partial charge is 0.228 e. The molecule has 0 radical (unpaired) electrons. The summed E-state index contributed by atoms with van der Waals surface area (Å²) in [6.45, 7) is 4.85. The maximum atomic E-state index is 14.2. The zero-order valence-electron chi connectivity index (χ0n) is 19.3. The van der Waals surface area contributed by atoms with Gasteiger partial charge >= 0.3 is 0 Å². The summed E-state index contributed by atoms with van der Waals surface area (Å²) in [7, 11) is -3.90. The average Bonchev–Trinajstić information content (AvgIpc) is 3.54. The zero-order valence-corrected chi connectivity index (χ0v) is 20.9. The second-order valence-corrected chi connectivity index (χ2v) is 11.2. The number of benzene rings is 2. The number of thiocarbonyl (C=S) groups is 1. The van der Waals surface area contributed by atoms with Gasteiger partial charge in [0, 0.05) is 17.6 Å². The summed E-state index contributed by atoms with van der Waals surface area (Å²) in [5.41, 5.74) is 1.82. The fourth-order valence-corrected chi connectivity index (χ4v) is 5.80. The van der Waals surface area contributed by atoms with Crippen LogP contribution in [-0.4, -0.2) is 40.1 Å². The number of hydrogen-bond donors (Lipinski definition) is 1. The molecule has 6 nitrogen and oxygen atoms in total. The predicted octanol–water partition coefficient (Wildman–Crippen LogP) is 4.29. The van der Waals surface area contributed by atoms with Crippen molar-refractivity contribution >= 4 is 27.2 Å². The third-order valence-electron chi connectivity index (χ3n) is 5.66. The van der Waals surface area contributed by atoms with Gasteiger partial charge in [-0.2, -0.15) is 0 Å². The van der Waals surface area contributed by atoms with Crippen molar-refractivity contribution in [3.63, 3.8) is 0 Å². The highest BCUT2D eigenvalue weighted by atomic mass is 32.2. The van der Waals surface area contributed by atoms with Crippen LogP contribution in [0.1, 0.15) is 43.5 Å². The number of nitrogens with one attached hydrogen (secondary N) is 1. The summed E-state index contributed by atoms with van der Waals surface area (Å²) < 4.78 is 42.7. The molecule has 0 atom stereocenters. The molecule has 4 rings (SSSR count). The lowest BCUT2D eigenvalue weighted by Crippen LogP contribution is -2.43. The van der Waals surface area contributed by atoms with Crippen molar-refractivity contribution in [2.24, 2.45) is 0 Å². The van der Waals surface area contributed by atoms with Gasteiger partial charge in [0.15, 0.2) is 5.11 Å². The first-order valence-electron chi connectivity index (χ1n) is 11.4. The largest absolute Gasteiger partial charge is 0.360 e. The fraction of sp³-hybridized carbons (Fsp3) is 0.360. The van der Waals surface area contributed by atoms with Crippen molar-refractivity contribution in [1.29, 1.82) is 0 Å². The molecule has 2 aromatic carbocycles. The van der Waals surface area contributed by atoms with Gasteiger partial charge in [0.2, 0.25) is 15.0 Å². The number of sulfone groups is 1. The highest BCUT2D eigenvalue weighted by Gasteiger charge is 2.33. The van der Waals surface area contributed by atoms with Gasteiger partial charge < -0.3 is 14.8 Å². The summed E-state index contributed by atoms with van der Waals surface area (Å²) in [5.74, 6) is -0.998. The van der Waals surface area contributed by atoms with Gasteiger partial charge in [0.05, 0.1) is 30.7 Å². The monoisotopic (exact) mass is 500 g/mol. The van der Waals surface area contributed by atoms with Crippen LogP contribution in [0.25, 0.3) is 0 Å². The number of nitrogens with zero attached hydrogens (tertiary/aromatic N) is 3. The van der Waals surface area contributed by atoms with E-state index in [2.05, 4.69) is 15.2 Å². The Balaban J connectivity index is 1.70. The third-order valence-corrected chi connectivity index (χ3v) is 7.59. The summed E-state index contributed by atoms with van der Waals surface area (Å²) in [6.07, 6.45) is 3.70.